The average molecular weight is 514 g/mol. The maximum atomic E-state index is 14.2. The minimum Gasteiger partial charge on any atom is -0.444 e. The third kappa shape index (κ3) is 10.9. The summed E-state index contributed by atoms with van der Waals surface area (Å²) in [6, 6.07) is 5.34. The zero-order valence-electron chi connectivity index (χ0n) is 24.2. The van der Waals surface area contributed by atoms with Crippen molar-refractivity contribution in [2.45, 2.75) is 111 Å². The predicted octanol–water partition coefficient (Wildman–Crippen LogP) is 5.58. The summed E-state index contributed by atoms with van der Waals surface area (Å²) >= 11 is 0. The van der Waals surface area contributed by atoms with E-state index in [4.69, 9.17) is 11.2 Å². The third-order valence-corrected chi connectivity index (χ3v) is 5.61. The first-order chi connectivity index (χ1) is 17.1. The van der Waals surface area contributed by atoms with E-state index in [2.05, 4.69) is 23.5 Å². The summed E-state index contributed by atoms with van der Waals surface area (Å²) in [5.41, 5.74) is -0.113. The summed E-state index contributed by atoms with van der Waals surface area (Å²) in [5, 5.41) is 5.79. The van der Waals surface area contributed by atoms with E-state index >= 15 is 0 Å². The molecule has 0 aliphatic rings. The van der Waals surface area contributed by atoms with Crippen LogP contribution in [0.15, 0.2) is 24.3 Å². The Bertz CT molecular complexity index is 951. The van der Waals surface area contributed by atoms with Gasteiger partial charge in [0.25, 0.3) is 0 Å². The van der Waals surface area contributed by atoms with Crippen molar-refractivity contribution in [2.75, 3.05) is 6.54 Å². The molecule has 1 aromatic rings. The molecule has 0 aromatic heterocycles. The van der Waals surface area contributed by atoms with Gasteiger partial charge in [-0.25, -0.2) is 4.79 Å². The van der Waals surface area contributed by atoms with Gasteiger partial charge < -0.3 is 20.3 Å². The van der Waals surface area contributed by atoms with Crippen LogP contribution in [0.2, 0.25) is 0 Å². The zero-order valence-corrected chi connectivity index (χ0v) is 24.2. The summed E-state index contributed by atoms with van der Waals surface area (Å²) in [6.45, 7) is 17.2. The second kappa shape index (κ2) is 14.1. The number of carbonyl (C=O) groups excluding carboxylic acids is 3. The van der Waals surface area contributed by atoms with Crippen LogP contribution in [-0.4, -0.2) is 46.5 Å². The highest BCUT2D eigenvalue weighted by atomic mass is 16.6. The van der Waals surface area contributed by atoms with Gasteiger partial charge >= 0.3 is 6.09 Å². The molecule has 1 rings (SSSR count). The lowest BCUT2D eigenvalue weighted by Gasteiger charge is -2.37. The topological polar surface area (TPSA) is 87.7 Å². The average Bonchev–Trinajstić information content (AvgIpc) is 2.76. The molecular weight excluding hydrogens is 466 g/mol. The van der Waals surface area contributed by atoms with Gasteiger partial charge in [-0.3, -0.25) is 9.59 Å². The highest BCUT2D eigenvalue weighted by molar-refractivity contribution is 5.93. The summed E-state index contributed by atoms with van der Waals surface area (Å²) in [6.07, 6.45) is 8.82. The number of unbranched alkanes of at least 4 members (excludes halogenated alkanes) is 3. The van der Waals surface area contributed by atoms with Gasteiger partial charge in [0.15, 0.2) is 0 Å². The lowest BCUT2D eigenvalue weighted by molar-refractivity contribution is -0.144. The van der Waals surface area contributed by atoms with Crippen LogP contribution >= 0.6 is 0 Å². The molecule has 0 bridgehead atoms. The first-order valence-electron chi connectivity index (χ1n) is 13.3. The van der Waals surface area contributed by atoms with Gasteiger partial charge in [-0.05, 0) is 65.5 Å². The van der Waals surface area contributed by atoms with E-state index in [0.717, 1.165) is 19.3 Å². The Kier molecular flexibility index (Phi) is 12.2. The molecule has 1 aromatic carbocycles. The molecule has 0 saturated carbocycles. The van der Waals surface area contributed by atoms with Gasteiger partial charge in [-0.1, -0.05) is 64.2 Å². The van der Waals surface area contributed by atoms with Crippen LogP contribution < -0.4 is 10.6 Å². The number of carbonyl (C=O) groups is 3. The normalized spacial score (nSPS) is 13.3. The van der Waals surface area contributed by atoms with Gasteiger partial charge in [-0.2, -0.15) is 0 Å². The minimum absolute atomic E-state index is 0.243. The van der Waals surface area contributed by atoms with Crippen molar-refractivity contribution in [2.24, 2.45) is 5.92 Å². The van der Waals surface area contributed by atoms with Crippen molar-refractivity contribution in [1.82, 2.24) is 15.5 Å². The fourth-order valence-corrected chi connectivity index (χ4v) is 3.96. The Morgan fingerprint density at radius 3 is 2.16 bits per heavy atom. The van der Waals surface area contributed by atoms with E-state index in [1.54, 1.807) is 37.8 Å². The van der Waals surface area contributed by atoms with E-state index < -0.39 is 29.3 Å². The van der Waals surface area contributed by atoms with Crippen LogP contribution in [-0.2, 0) is 14.3 Å². The Morgan fingerprint density at radius 2 is 1.65 bits per heavy atom. The second-order valence-electron chi connectivity index (χ2n) is 11.8. The van der Waals surface area contributed by atoms with Gasteiger partial charge in [0, 0.05) is 17.6 Å². The monoisotopic (exact) mass is 513 g/mol. The smallest absolute Gasteiger partial charge is 0.408 e. The first-order valence-corrected chi connectivity index (χ1v) is 13.3. The van der Waals surface area contributed by atoms with E-state index in [9.17, 15) is 14.4 Å². The molecule has 0 saturated heterocycles. The highest BCUT2D eigenvalue weighted by Gasteiger charge is 2.38. The largest absolute Gasteiger partial charge is 0.444 e. The molecular formula is C30H47N3O4. The van der Waals surface area contributed by atoms with Gasteiger partial charge in [0.05, 0.1) is 0 Å². The predicted molar refractivity (Wildman–Crippen MR) is 149 cm³/mol. The summed E-state index contributed by atoms with van der Waals surface area (Å²) in [5.74, 6) is 1.75. The standard InChI is InChI=1S/C30H47N3O4/c1-11-13-14-17-20-33(27(35)24(21(3)4)31-28(36)37-30(8,9)10)25(26(34)32-29(5,6)7)23-19-16-15-18-22(23)12-2/h2,15-16,18-19,21,24-25H,11,13-14,17,20H2,1,3-10H3,(H,31,36)(H,32,34). The van der Waals surface area contributed by atoms with Gasteiger partial charge in [0.2, 0.25) is 11.8 Å². The minimum atomic E-state index is -0.956. The van der Waals surface area contributed by atoms with E-state index in [0.29, 0.717) is 24.1 Å². The van der Waals surface area contributed by atoms with Crippen LogP contribution in [0.5, 0.6) is 0 Å². The van der Waals surface area contributed by atoms with Crippen LogP contribution in [0.1, 0.15) is 105 Å². The van der Waals surface area contributed by atoms with Crippen LogP contribution in [0.3, 0.4) is 0 Å². The summed E-state index contributed by atoms with van der Waals surface area (Å²) in [4.78, 5) is 42.2. The van der Waals surface area contributed by atoms with Crippen molar-refractivity contribution >= 4 is 17.9 Å². The maximum Gasteiger partial charge on any atom is 0.408 e. The molecule has 0 spiro atoms. The lowest BCUT2D eigenvalue weighted by Crippen LogP contribution is -2.56. The van der Waals surface area contributed by atoms with E-state index in [-0.39, 0.29) is 17.7 Å². The number of terminal acetylenes is 1. The van der Waals surface area contributed by atoms with Gasteiger partial charge in [-0.15, -0.1) is 6.42 Å². The van der Waals surface area contributed by atoms with Crippen LogP contribution in [0.4, 0.5) is 4.79 Å². The molecule has 2 unspecified atom stereocenters. The van der Waals surface area contributed by atoms with Crippen molar-refractivity contribution in [3.05, 3.63) is 35.4 Å². The molecule has 0 aliphatic heterocycles. The van der Waals surface area contributed by atoms with Crippen LogP contribution in [0.25, 0.3) is 0 Å². The summed E-state index contributed by atoms with van der Waals surface area (Å²) < 4.78 is 5.43. The second-order valence-corrected chi connectivity index (χ2v) is 11.8. The Hall–Kier alpha value is -3.01. The molecule has 0 heterocycles. The first kappa shape index (κ1) is 32.0. The lowest BCUT2D eigenvalue weighted by atomic mass is 9.94. The molecule has 7 heteroatoms. The molecule has 3 amide bonds. The van der Waals surface area contributed by atoms with Gasteiger partial charge in [0.1, 0.15) is 17.7 Å². The summed E-state index contributed by atoms with van der Waals surface area (Å²) in [7, 11) is 0. The number of ether oxygens (including phenoxy) is 1. The van der Waals surface area contributed by atoms with Crippen molar-refractivity contribution in [1.29, 1.82) is 0 Å². The van der Waals surface area contributed by atoms with Crippen molar-refractivity contribution in [3.63, 3.8) is 0 Å². The Morgan fingerprint density at radius 1 is 1.03 bits per heavy atom. The number of benzene rings is 1. The number of nitrogens with one attached hydrogen (secondary N) is 2. The molecule has 206 valence electrons. The SMILES string of the molecule is C#Cc1ccccc1C(C(=O)NC(C)(C)C)N(CCCCCC)C(=O)C(NC(=O)OC(C)(C)C)C(C)C. The van der Waals surface area contributed by atoms with Crippen LogP contribution in [0, 0.1) is 18.3 Å². The van der Waals surface area contributed by atoms with Crippen molar-refractivity contribution < 1.29 is 19.1 Å². The Labute approximate surface area is 224 Å². The zero-order chi connectivity index (χ0) is 28.4. The number of alkyl carbamates (subject to hydrolysis) is 1. The quantitative estimate of drug-likeness (QED) is 0.299. The molecule has 7 nitrogen and oxygen atoms in total. The third-order valence-electron chi connectivity index (χ3n) is 5.61. The number of amides is 3. The Balaban J connectivity index is 3.59. The molecule has 0 radical (unpaired) electrons. The molecule has 0 aliphatic carbocycles. The number of nitrogens with zero attached hydrogens (tertiary/aromatic N) is 1. The highest BCUT2D eigenvalue weighted by Crippen LogP contribution is 2.28. The van der Waals surface area contributed by atoms with Crippen molar-refractivity contribution in [3.8, 4) is 12.3 Å². The van der Waals surface area contributed by atoms with E-state index in [1.807, 2.05) is 46.8 Å². The maximum absolute atomic E-state index is 14.2. The number of hydrogen-bond donors (Lipinski definition) is 2. The number of rotatable bonds is 11. The molecule has 0 fully saturated rings. The fourth-order valence-electron chi connectivity index (χ4n) is 3.96. The fraction of sp³-hybridized carbons (Fsp3) is 0.633. The molecule has 37 heavy (non-hydrogen) atoms. The molecule has 2 N–H and O–H groups in total. The number of hydrogen-bond acceptors (Lipinski definition) is 4. The molecule has 2 atom stereocenters. The van der Waals surface area contributed by atoms with E-state index in [1.165, 1.54) is 0 Å².